The number of amides is 1. The molecule has 2 aromatic rings. The molecule has 130 valence electrons. The molecular formula is C20H22N2OS2. The highest BCUT2D eigenvalue weighted by molar-refractivity contribution is 7.99. The van der Waals surface area contributed by atoms with Gasteiger partial charge in [-0.3, -0.25) is 4.79 Å². The van der Waals surface area contributed by atoms with E-state index in [-0.39, 0.29) is 18.4 Å². The molecule has 1 N–H and O–H groups in total. The maximum absolute atomic E-state index is 12.3. The van der Waals surface area contributed by atoms with Crippen LogP contribution in [-0.4, -0.2) is 24.0 Å². The second-order valence-corrected chi connectivity index (χ2v) is 7.81. The van der Waals surface area contributed by atoms with Crippen molar-refractivity contribution in [2.24, 2.45) is 5.92 Å². The zero-order valence-electron chi connectivity index (χ0n) is 14.1. The highest BCUT2D eigenvalue weighted by atomic mass is 32.2. The Morgan fingerprint density at radius 3 is 1.84 bits per heavy atom. The summed E-state index contributed by atoms with van der Waals surface area (Å²) in [4.78, 5) is 14.7. The molecule has 2 aromatic carbocycles. The quantitative estimate of drug-likeness (QED) is 0.490. The van der Waals surface area contributed by atoms with Crippen LogP contribution in [0.3, 0.4) is 0 Å². The summed E-state index contributed by atoms with van der Waals surface area (Å²) in [6.07, 6.45) is 1.62. The molecule has 0 aromatic heterocycles. The van der Waals surface area contributed by atoms with Crippen molar-refractivity contribution in [3.8, 4) is 6.07 Å². The summed E-state index contributed by atoms with van der Waals surface area (Å²) in [5.41, 5.74) is 0. The molecule has 3 nitrogen and oxygen atoms in total. The molecule has 5 heteroatoms. The van der Waals surface area contributed by atoms with Gasteiger partial charge in [0.25, 0.3) is 0 Å². The van der Waals surface area contributed by atoms with Gasteiger partial charge in [0.15, 0.2) is 0 Å². The molecule has 0 fully saturated rings. The van der Waals surface area contributed by atoms with Crippen molar-refractivity contribution < 1.29 is 4.79 Å². The number of thioether (sulfide) groups is 2. The first-order chi connectivity index (χ1) is 12.3. The van der Waals surface area contributed by atoms with E-state index in [9.17, 15) is 4.79 Å². The normalized spacial score (nSPS) is 10.4. The first-order valence-electron chi connectivity index (χ1n) is 8.30. The lowest BCUT2D eigenvalue weighted by Gasteiger charge is -2.15. The van der Waals surface area contributed by atoms with Crippen molar-refractivity contribution >= 4 is 29.4 Å². The third-order valence-electron chi connectivity index (χ3n) is 3.67. The van der Waals surface area contributed by atoms with Gasteiger partial charge in [-0.05, 0) is 48.6 Å². The number of nitrogens with one attached hydrogen (secondary N) is 1. The predicted molar refractivity (Wildman–Crippen MR) is 106 cm³/mol. The fourth-order valence-electron chi connectivity index (χ4n) is 2.35. The van der Waals surface area contributed by atoms with Crippen LogP contribution in [0.4, 0.5) is 0 Å². The van der Waals surface area contributed by atoms with Gasteiger partial charge in [0.2, 0.25) is 5.91 Å². The molecule has 0 atom stereocenters. The Morgan fingerprint density at radius 2 is 1.40 bits per heavy atom. The molecule has 0 heterocycles. The minimum Gasteiger partial charge on any atom is -0.343 e. The van der Waals surface area contributed by atoms with Gasteiger partial charge in [0.1, 0.15) is 6.54 Å². The maximum atomic E-state index is 12.3. The average Bonchev–Trinajstić information content (AvgIpc) is 2.66. The smallest absolute Gasteiger partial charge is 0.223 e. The predicted octanol–water partition coefficient (Wildman–Crippen LogP) is 4.61. The molecule has 0 saturated carbocycles. The van der Waals surface area contributed by atoms with Gasteiger partial charge in [-0.2, -0.15) is 5.26 Å². The van der Waals surface area contributed by atoms with E-state index in [2.05, 4.69) is 29.6 Å². The summed E-state index contributed by atoms with van der Waals surface area (Å²) in [7, 11) is 0. The second-order valence-electron chi connectivity index (χ2n) is 5.47. The number of carbonyl (C=O) groups excluding carboxylic acids is 1. The van der Waals surface area contributed by atoms with Crippen LogP contribution in [0.25, 0.3) is 0 Å². The highest BCUT2D eigenvalue weighted by Gasteiger charge is 2.18. The van der Waals surface area contributed by atoms with E-state index in [1.165, 1.54) is 9.79 Å². The van der Waals surface area contributed by atoms with Crippen molar-refractivity contribution in [1.82, 2.24) is 5.32 Å². The van der Waals surface area contributed by atoms with E-state index in [0.717, 1.165) is 24.3 Å². The van der Waals surface area contributed by atoms with Crippen LogP contribution >= 0.6 is 23.5 Å². The van der Waals surface area contributed by atoms with E-state index < -0.39 is 0 Å². The van der Waals surface area contributed by atoms with Crippen molar-refractivity contribution in [1.29, 1.82) is 5.26 Å². The summed E-state index contributed by atoms with van der Waals surface area (Å²) in [5, 5.41) is 11.4. The lowest BCUT2D eigenvalue weighted by Crippen LogP contribution is -2.31. The van der Waals surface area contributed by atoms with Crippen LogP contribution in [0.5, 0.6) is 0 Å². The fourth-order valence-corrected chi connectivity index (χ4v) is 4.32. The monoisotopic (exact) mass is 370 g/mol. The van der Waals surface area contributed by atoms with Crippen molar-refractivity contribution in [2.45, 2.75) is 22.6 Å². The fraction of sp³-hybridized carbons (Fsp3) is 0.300. The number of hydrogen-bond acceptors (Lipinski definition) is 4. The number of benzene rings is 2. The van der Waals surface area contributed by atoms with Crippen LogP contribution in [0.1, 0.15) is 12.8 Å². The Hall–Kier alpha value is -1.90. The Kier molecular flexibility index (Phi) is 9.03. The number of nitrogens with zero attached hydrogens (tertiary/aromatic N) is 1. The van der Waals surface area contributed by atoms with E-state index in [0.29, 0.717) is 0 Å². The summed E-state index contributed by atoms with van der Waals surface area (Å²) < 4.78 is 0. The topological polar surface area (TPSA) is 52.9 Å². The summed E-state index contributed by atoms with van der Waals surface area (Å²) >= 11 is 3.54. The molecule has 0 aliphatic rings. The first kappa shape index (κ1) is 19.4. The molecule has 0 aliphatic heterocycles. The third-order valence-corrected chi connectivity index (χ3v) is 5.76. The van der Waals surface area contributed by atoms with E-state index in [1.54, 1.807) is 23.5 Å². The molecule has 0 bridgehead atoms. The van der Waals surface area contributed by atoms with Gasteiger partial charge < -0.3 is 5.32 Å². The third kappa shape index (κ3) is 7.68. The van der Waals surface area contributed by atoms with Gasteiger partial charge in [-0.15, -0.1) is 23.5 Å². The van der Waals surface area contributed by atoms with Crippen molar-refractivity contribution in [3.05, 3.63) is 60.7 Å². The van der Waals surface area contributed by atoms with E-state index in [4.69, 9.17) is 5.26 Å². The van der Waals surface area contributed by atoms with Crippen LogP contribution in [0.15, 0.2) is 70.5 Å². The number of rotatable bonds is 10. The summed E-state index contributed by atoms with van der Waals surface area (Å²) in [6, 6.07) is 22.4. The first-order valence-corrected chi connectivity index (χ1v) is 10.3. The number of nitriles is 1. The molecule has 0 aliphatic carbocycles. The standard InChI is InChI=1S/C20H22N2OS2/c21-13-14-22-20(23)17(11-15-24-18-7-3-1-4-8-18)12-16-25-19-9-5-2-6-10-19/h1-10,17H,11-12,14-16H2,(H,22,23). The van der Waals surface area contributed by atoms with Gasteiger partial charge in [-0.1, -0.05) is 36.4 Å². The molecule has 0 radical (unpaired) electrons. The maximum Gasteiger partial charge on any atom is 0.223 e. The van der Waals surface area contributed by atoms with Crippen molar-refractivity contribution in [3.63, 3.8) is 0 Å². The Labute approximate surface area is 158 Å². The molecule has 2 rings (SSSR count). The Balaban J connectivity index is 1.81. The number of hydrogen-bond donors (Lipinski definition) is 1. The van der Waals surface area contributed by atoms with Crippen molar-refractivity contribution in [2.75, 3.05) is 18.1 Å². The van der Waals surface area contributed by atoms with Crippen LogP contribution in [-0.2, 0) is 4.79 Å². The molecule has 25 heavy (non-hydrogen) atoms. The van der Waals surface area contributed by atoms with Crippen LogP contribution < -0.4 is 5.32 Å². The molecular weight excluding hydrogens is 348 g/mol. The van der Waals surface area contributed by atoms with E-state index >= 15 is 0 Å². The minimum absolute atomic E-state index is 0.0103. The zero-order valence-corrected chi connectivity index (χ0v) is 15.7. The lowest BCUT2D eigenvalue weighted by atomic mass is 10.0. The summed E-state index contributed by atoms with van der Waals surface area (Å²) in [5.74, 6) is 1.72. The lowest BCUT2D eigenvalue weighted by molar-refractivity contribution is -0.124. The Bertz CT molecular complexity index is 626. The second kappa shape index (κ2) is 11.6. The average molecular weight is 371 g/mol. The molecule has 0 spiro atoms. The van der Waals surface area contributed by atoms with Gasteiger partial charge in [-0.25, -0.2) is 0 Å². The van der Waals surface area contributed by atoms with Gasteiger partial charge in [0.05, 0.1) is 6.07 Å². The SMILES string of the molecule is N#CCNC(=O)C(CCSc1ccccc1)CCSc1ccccc1. The van der Waals surface area contributed by atoms with E-state index in [1.807, 2.05) is 42.5 Å². The van der Waals surface area contributed by atoms with Gasteiger partial charge in [0, 0.05) is 15.7 Å². The minimum atomic E-state index is -0.0548. The molecule has 1 amide bonds. The molecule has 0 saturated heterocycles. The Morgan fingerprint density at radius 1 is 0.920 bits per heavy atom. The van der Waals surface area contributed by atoms with Crippen LogP contribution in [0.2, 0.25) is 0 Å². The van der Waals surface area contributed by atoms with Gasteiger partial charge >= 0.3 is 0 Å². The highest BCUT2D eigenvalue weighted by Crippen LogP contribution is 2.24. The largest absolute Gasteiger partial charge is 0.343 e. The molecule has 0 unspecified atom stereocenters. The number of carbonyl (C=O) groups is 1. The van der Waals surface area contributed by atoms with Crippen LogP contribution in [0, 0.1) is 17.2 Å². The summed E-state index contributed by atoms with van der Waals surface area (Å²) in [6.45, 7) is 0.0764. The zero-order chi connectivity index (χ0) is 17.7.